The summed E-state index contributed by atoms with van der Waals surface area (Å²) in [5, 5.41) is 0.757. The molecule has 0 radical (unpaired) electrons. The fourth-order valence-corrected chi connectivity index (χ4v) is 3.19. The van der Waals surface area contributed by atoms with Gasteiger partial charge in [0.15, 0.2) is 0 Å². The van der Waals surface area contributed by atoms with Crippen LogP contribution in [0.3, 0.4) is 0 Å². The highest BCUT2D eigenvalue weighted by molar-refractivity contribution is 9.11. The van der Waals surface area contributed by atoms with Gasteiger partial charge in [0, 0.05) is 9.80 Å². The molecule has 0 unspecified atom stereocenters. The highest BCUT2D eigenvalue weighted by Gasteiger charge is 2.04. The third-order valence-corrected chi connectivity index (χ3v) is 4.54. The molecule has 2 rings (SSSR count). The molecule has 0 saturated carbocycles. The van der Waals surface area contributed by atoms with Gasteiger partial charge < -0.3 is 4.74 Å². The van der Waals surface area contributed by atoms with Gasteiger partial charge in [0.2, 0.25) is 0 Å². The van der Waals surface area contributed by atoms with Gasteiger partial charge in [-0.15, -0.1) is 0 Å². The average Bonchev–Trinajstić information content (AvgIpc) is 2.41. The molecule has 2 aromatic carbocycles. The molecule has 0 spiro atoms. The maximum Gasteiger partial charge on any atom is 0.137 e. The molecular formula is C14H10Br3FO. The minimum atomic E-state index is -0.269. The summed E-state index contributed by atoms with van der Waals surface area (Å²) in [6.07, 6.45) is 0. The predicted octanol–water partition coefficient (Wildman–Crippen LogP) is 5.82. The van der Waals surface area contributed by atoms with Gasteiger partial charge in [-0.25, -0.2) is 4.39 Å². The summed E-state index contributed by atoms with van der Waals surface area (Å²) in [5.74, 6) is 0.520. The molecule has 100 valence electrons. The van der Waals surface area contributed by atoms with E-state index in [4.69, 9.17) is 4.74 Å². The van der Waals surface area contributed by atoms with Gasteiger partial charge in [0.25, 0.3) is 0 Å². The monoisotopic (exact) mass is 450 g/mol. The molecule has 0 saturated heterocycles. The van der Waals surface area contributed by atoms with Crippen molar-refractivity contribution in [3.8, 4) is 5.75 Å². The fraction of sp³-hybridized carbons (Fsp3) is 0.143. The lowest BCUT2D eigenvalue weighted by Crippen LogP contribution is -1.96. The second-order valence-corrected chi connectivity index (χ2v) is 6.19. The van der Waals surface area contributed by atoms with Crippen molar-refractivity contribution in [2.24, 2.45) is 0 Å². The first-order chi connectivity index (χ1) is 9.10. The number of hydrogen-bond acceptors (Lipinski definition) is 1. The molecule has 1 nitrogen and oxygen atoms in total. The van der Waals surface area contributed by atoms with Crippen molar-refractivity contribution >= 4 is 47.8 Å². The summed E-state index contributed by atoms with van der Waals surface area (Å²) < 4.78 is 20.3. The predicted molar refractivity (Wildman–Crippen MR) is 85.2 cm³/mol. The number of ether oxygens (including phenoxy) is 1. The lowest BCUT2D eigenvalue weighted by Gasteiger charge is -2.09. The van der Waals surface area contributed by atoms with Crippen molar-refractivity contribution in [3.63, 3.8) is 0 Å². The number of rotatable bonds is 4. The van der Waals surface area contributed by atoms with Crippen molar-refractivity contribution in [1.29, 1.82) is 0 Å². The van der Waals surface area contributed by atoms with Crippen molar-refractivity contribution in [3.05, 3.63) is 62.3 Å². The van der Waals surface area contributed by atoms with Crippen LogP contribution in [0.4, 0.5) is 4.39 Å². The zero-order valence-electron chi connectivity index (χ0n) is 9.80. The zero-order chi connectivity index (χ0) is 13.8. The second kappa shape index (κ2) is 6.86. The van der Waals surface area contributed by atoms with Crippen molar-refractivity contribution in [2.45, 2.75) is 11.9 Å². The van der Waals surface area contributed by atoms with E-state index in [0.717, 1.165) is 26.7 Å². The Morgan fingerprint density at radius 2 is 1.79 bits per heavy atom. The Kier molecular flexibility index (Phi) is 5.42. The molecule has 0 atom stereocenters. The molecule has 0 aliphatic heterocycles. The number of alkyl halides is 1. The van der Waals surface area contributed by atoms with Gasteiger partial charge in [0.1, 0.15) is 18.2 Å². The number of halogens is 4. The highest BCUT2D eigenvalue weighted by atomic mass is 79.9. The first-order valence-electron chi connectivity index (χ1n) is 5.51. The fourth-order valence-electron chi connectivity index (χ4n) is 1.54. The quantitative estimate of drug-likeness (QED) is 0.531. The first-order valence-corrected chi connectivity index (χ1v) is 8.22. The lowest BCUT2D eigenvalue weighted by atomic mass is 10.2. The Bertz CT molecular complexity index is 587. The van der Waals surface area contributed by atoms with Crippen LogP contribution in [0, 0.1) is 5.82 Å². The highest BCUT2D eigenvalue weighted by Crippen LogP contribution is 2.25. The summed E-state index contributed by atoms with van der Waals surface area (Å²) in [6, 6.07) is 10.7. The minimum absolute atomic E-state index is 0.269. The topological polar surface area (TPSA) is 9.23 Å². The Morgan fingerprint density at radius 3 is 2.47 bits per heavy atom. The molecule has 19 heavy (non-hydrogen) atoms. The van der Waals surface area contributed by atoms with Gasteiger partial charge >= 0.3 is 0 Å². The van der Waals surface area contributed by atoms with Gasteiger partial charge in [-0.3, -0.25) is 0 Å². The molecule has 0 aliphatic carbocycles. The Hall–Kier alpha value is -0.390. The van der Waals surface area contributed by atoms with Gasteiger partial charge in [-0.1, -0.05) is 37.9 Å². The van der Waals surface area contributed by atoms with Gasteiger partial charge in [-0.2, -0.15) is 0 Å². The van der Waals surface area contributed by atoms with E-state index < -0.39 is 0 Å². The molecule has 0 bridgehead atoms. The molecule has 0 heterocycles. The molecule has 0 aromatic heterocycles. The zero-order valence-corrected chi connectivity index (χ0v) is 14.6. The van der Waals surface area contributed by atoms with Crippen LogP contribution in [0.15, 0.2) is 45.3 Å². The summed E-state index contributed by atoms with van der Waals surface area (Å²) >= 11 is 10.1. The summed E-state index contributed by atoms with van der Waals surface area (Å²) in [4.78, 5) is 0. The van der Waals surface area contributed by atoms with E-state index in [0.29, 0.717) is 11.1 Å². The van der Waals surface area contributed by atoms with E-state index in [-0.39, 0.29) is 5.82 Å². The van der Waals surface area contributed by atoms with Crippen molar-refractivity contribution in [2.75, 3.05) is 0 Å². The van der Waals surface area contributed by atoms with E-state index in [2.05, 4.69) is 47.8 Å². The Morgan fingerprint density at radius 1 is 1.00 bits per heavy atom. The summed E-state index contributed by atoms with van der Waals surface area (Å²) in [7, 11) is 0. The van der Waals surface area contributed by atoms with Crippen LogP contribution in [0.5, 0.6) is 5.75 Å². The Balaban J connectivity index is 2.07. The standard InChI is InChI=1S/C14H10Br3FO/c15-7-10-6-11(2-3-12(10)16)19-8-9-1-4-14(18)13(17)5-9/h1-6H,7-8H2. The molecule has 0 fully saturated rings. The van der Waals surface area contributed by atoms with Crippen LogP contribution >= 0.6 is 47.8 Å². The normalized spacial score (nSPS) is 10.5. The lowest BCUT2D eigenvalue weighted by molar-refractivity contribution is 0.305. The Labute approximate surface area is 136 Å². The smallest absolute Gasteiger partial charge is 0.137 e. The van der Waals surface area contributed by atoms with Crippen LogP contribution in [0.25, 0.3) is 0 Å². The molecule has 0 amide bonds. The van der Waals surface area contributed by atoms with E-state index in [9.17, 15) is 4.39 Å². The van der Waals surface area contributed by atoms with E-state index in [1.807, 2.05) is 18.2 Å². The van der Waals surface area contributed by atoms with Crippen LogP contribution in [-0.2, 0) is 11.9 Å². The van der Waals surface area contributed by atoms with Gasteiger partial charge in [-0.05, 0) is 57.4 Å². The first kappa shape index (κ1) is 15.0. The molecular weight excluding hydrogens is 443 g/mol. The minimum Gasteiger partial charge on any atom is -0.489 e. The van der Waals surface area contributed by atoms with E-state index in [1.54, 1.807) is 12.1 Å². The van der Waals surface area contributed by atoms with Crippen LogP contribution in [0.1, 0.15) is 11.1 Å². The van der Waals surface area contributed by atoms with Gasteiger partial charge in [0.05, 0.1) is 4.47 Å². The molecule has 0 N–H and O–H groups in total. The molecule has 5 heteroatoms. The van der Waals surface area contributed by atoms with Crippen LogP contribution in [0.2, 0.25) is 0 Å². The summed E-state index contributed by atoms with van der Waals surface area (Å²) in [5.41, 5.74) is 2.04. The van der Waals surface area contributed by atoms with Crippen LogP contribution in [-0.4, -0.2) is 0 Å². The maximum absolute atomic E-state index is 13.1. The third-order valence-electron chi connectivity index (χ3n) is 2.55. The SMILES string of the molecule is Fc1ccc(COc2ccc(Br)c(CBr)c2)cc1Br. The maximum atomic E-state index is 13.1. The van der Waals surface area contributed by atoms with Crippen molar-refractivity contribution < 1.29 is 9.13 Å². The molecule has 0 aliphatic rings. The van der Waals surface area contributed by atoms with Crippen LogP contribution < -0.4 is 4.74 Å². The van der Waals surface area contributed by atoms with Crippen molar-refractivity contribution in [1.82, 2.24) is 0 Å². The van der Waals surface area contributed by atoms with E-state index in [1.165, 1.54) is 6.07 Å². The molecule has 2 aromatic rings. The number of benzene rings is 2. The average molecular weight is 453 g/mol. The van der Waals surface area contributed by atoms with E-state index >= 15 is 0 Å². The summed E-state index contributed by atoms with van der Waals surface area (Å²) in [6.45, 7) is 0.405. The second-order valence-electron chi connectivity index (χ2n) is 3.92. The largest absolute Gasteiger partial charge is 0.489 e. The third kappa shape index (κ3) is 4.04. The number of hydrogen-bond donors (Lipinski definition) is 0.